The number of ketones is 1. The Bertz CT molecular complexity index is 393. The third-order valence-electron chi connectivity index (χ3n) is 2.34. The normalized spacial score (nSPS) is 10.5. The summed E-state index contributed by atoms with van der Waals surface area (Å²) < 4.78 is 14.1. The molecular weight excluding hydrogens is 294 g/mol. The highest BCUT2D eigenvalue weighted by Gasteiger charge is 2.15. The van der Waals surface area contributed by atoms with Crippen LogP contribution in [0.2, 0.25) is 5.02 Å². The summed E-state index contributed by atoms with van der Waals surface area (Å²) in [4.78, 5) is 11.7. The van der Waals surface area contributed by atoms with Gasteiger partial charge in [-0.15, -0.1) is 0 Å². The molecule has 0 atom stereocenters. The minimum atomic E-state index is -0.627. The molecule has 0 heterocycles. The summed E-state index contributed by atoms with van der Waals surface area (Å²) >= 11 is 8.82. The SMILES string of the molecule is CCCCCC(=O)c1ccc(Br)c(Cl)c1F. The maximum atomic E-state index is 13.6. The van der Waals surface area contributed by atoms with Crippen molar-refractivity contribution in [3.05, 3.63) is 33.0 Å². The number of benzene rings is 1. The zero-order chi connectivity index (χ0) is 12.1. The maximum Gasteiger partial charge on any atom is 0.165 e. The minimum absolute atomic E-state index is 0.0265. The third-order valence-corrected chi connectivity index (χ3v) is 3.60. The summed E-state index contributed by atoms with van der Waals surface area (Å²) in [5.41, 5.74) is 0.0873. The molecule has 1 aromatic rings. The lowest BCUT2D eigenvalue weighted by Gasteiger charge is -2.05. The van der Waals surface area contributed by atoms with Crippen molar-refractivity contribution in [1.82, 2.24) is 0 Å². The lowest BCUT2D eigenvalue weighted by Crippen LogP contribution is -2.03. The van der Waals surface area contributed by atoms with Gasteiger partial charge in [-0.1, -0.05) is 31.4 Å². The van der Waals surface area contributed by atoms with Gasteiger partial charge < -0.3 is 0 Å². The quantitative estimate of drug-likeness (QED) is 0.425. The molecule has 88 valence electrons. The first-order chi connectivity index (χ1) is 7.57. The van der Waals surface area contributed by atoms with Crippen molar-refractivity contribution in [1.29, 1.82) is 0 Å². The van der Waals surface area contributed by atoms with Crippen LogP contribution in [-0.4, -0.2) is 5.78 Å². The van der Waals surface area contributed by atoms with Gasteiger partial charge in [0.05, 0.1) is 10.6 Å². The molecule has 0 N–H and O–H groups in total. The molecule has 0 radical (unpaired) electrons. The van der Waals surface area contributed by atoms with E-state index in [0.717, 1.165) is 19.3 Å². The summed E-state index contributed by atoms with van der Waals surface area (Å²) in [6.07, 6.45) is 3.19. The van der Waals surface area contributed by atoms with Crippen LogP contribution in [0.5, 0.6) is 0 Å². The molecule has 1 aromatic carbocycles. The zero-order valence-electron chi connectivity index (χ0n) is 9.03. The van der Waals surface area contributed by atoms with Gasteiger partial charge in [-0.25, -0.2) is 4.39 Å². The van der Waals surface area contributed by atoms with E-state index in [2.05, 4.69) is 22.9 Å². The number of Topliss-reactive ketones (excluding diaryl/α,β-unsaturated/α-hetero) is 1. The summed E-state index contributed by atoms with van der Waals surface area (Å²) in [6, 6.07) is 3.07. The Morgan fingerprint density at radius 2 is 2.12 bits per heavy atom. The molecule has 0 bridgehead atoms. The predicted octanol–water partition coefficient (Wildman–Crippen LogP) is 5.00. The second-order valence-electron chi connectivity index (χ2n) is 3.60. The van der Waals surface area contributed by atoms with Gasteiger partial charge in [-0.3, -0.25) is 4.79 Å². The second kappa shape index (κ2) is 6.36. The molecule has 1 rings (SSSR count). The van der Waals surface area contributed by atoms with E-state index in [0.29, 0.717) is 10.9 Å². The van der Waals surface area contributed by atoms with Crippen LogP contribution in [0.4, 0.5) is 4.39 Å². The van der Waals surface area contributed by atoms with E-state index in [1.54, 1.807) is 6.07 Å². The van der Waals surface area contributed by atoms with Crippen molar-refractivity contribution in [2.75, 3.05) is 0 Å². The van der Waals surface area contributed by atoms with Crippen LogP contribution in [0.25, 0.3) is 0 Å². The number of carbonyl (C=O) groups excluding carboxylic acids is 1. The van der Waals surface area contributed by atoms with E-state index in [1.165, 1.54) is 6.07 Å². The summed E-state index contributed by atoms with van der Waals surface area (Å²) in [5, 5.41) is -0.0265. The van der Waals surface area contributed by atoms with Gasteiger partial charge in [0.15, 0.2) is 11.6 Å². The highest BCUT2D eigenvalue weighted by atomic mass is 79.9. The molecular formula is C12H13BrClFO. The molecule has 0 spiro atoms. The van der Waals surface area contributed by atoms with Crippen molar-refractivity contribution >= 4 is 33.3 Å². The van der Waals surface area contributed by atoms with Crippen molar-refractivity contribution in [2.45, 2.75) is 32.6 Å². The smallest absolute Gasteiger partial charge is 0.165 e. The highest BCUT2D eigenvalue weighted by Crippen LogP contribution is 2.28. The van der Waals surface area contributed by atoms with E-state index in [1.807, 2.05) is 0 Å². The van der Waals surface area contributed by atoms with E-state index in [-0.39, 0.29) is 16.4 Å². The van der Waals surface area contributed by atoms with Crippen LogP contribution < -0.4 is 0 Å². The summed E-state index contributed by atoms with van der Waals surface area (Å²) in [6.45, 7) is 2.06. The van der Waals surface area contributed by atoms with Gasteiger partial charge in [0.2, 0.25) is 0 Å². The average Bonchev–Trinajstić information content (AvgIpc) is 2.26. The Balaban J connectivity index is 2.80. The van der Waals surface area contributed by atoms with Crippen LogP contribution in [0.15, 0.2) is 16.6 Å². The number of carbonyl (C=O) groups is 1. The molecule has 0 aliphatic carbocycles. The molecule has 1 nitrogen and oxygen atoms in total. The average molecular weight is 308 g/mol. The largest absolute Gasteiger partial charge is 0.294 e. The maximum absolute atomic E-state index is 13.6. The standard InChI is InChI=1S/C12H13BrClFO/c1-2-3-4-5-10(16)8-6-7-9(13)11(14)12(8)15/h6-7H,2-5H2,1H3. The van der Waals surface area contributed by atoms with Crippen molar-refractivity contribution in [3.8, 4) is 0 Å². The Morgan fingerprint density at radius 1 is 1.44 bits per heavy atom. The highest BCUT2D eigenvalue weighted by molar-refractivity contribution is 9.10. The van der Waals surface area contributed by atoms with E-state index < -0.39 is 5.82 Å². The molecule has 0 unspecified atom stereocenters. The van der Waals surface area contributed by atoms with E-state index in [9.17, 15) is 9.18 Å². The van der Waals surface area contributed by atoms with Crippen molar-refractivity contribution in [3.63, 3.8) is 0 Å². The van der Waals surface area contributed by atoms with E-state index >= 15 is 0 Å². The lowest BCUT2D eigenvalue weighted by atomic mass is 10.0. The fraction of sp³-hybridized carbons (Fsp3) is 0.417. The molecule has 0 aliphatic rings. The fourth-order valence-electron chi connectivity index (χ4n) is 1.41. The van der Waals surface area contributed by atoms with Crippen LogP contribution >= 0.6 is 27.5 Å². The molecule has 4 heteroatoms. The van der Waals surface area contributed by atoms with Crippen molar-refractivity contribution < 1.29 is 9.18 Å². The molecule has 16 heavy (non-hydrogen) atoms. The number of hydrogen-bond donors (Lipinski definition) is 0. The number of hydrogen-bond acceptors (Lipinski definition) is 1. The molecule has 0 saturated carbocycles. The van der Waals surface area contributed by atoms with Crippen LogP contribution in [-0.2, 0) is 0 Å². The van der Waals surface area contributed by atoms with Gasteiger partial charge in [0.25, 0.3) is 0 Å². The number of halogens is 3. The minimum Gasteiger partial charge on any atom is -0.294 e. The molecule has 0 aromatic heterocycles. The molecule has 0 aliphatic heterocycles. The molecule has 0 fully saturated rings. The zero-order valence-corrected chi connectivity index (χ0v) is 11.4. The van der Waals surface area contributed by atoms with Crippen LogP contribution in [0.3, 0.4) is 0 Å². The first-order valence-electron chi connectivity index (χ1n) is 5.24. The topological polar surface area (TPSA) is 17.1 Å². The second-order valence-corrected chi connectivity index (χ2v) is 4.84. The van der Waals surface area contributed by atoms with Gasteiger partial charge in [0, 0.05) is 10.9 Å². The van der Waals surface area contributed by atoms with Gasteiger partial charge in [-0.2, -0.15) is 0 Å². The first kappa shape index (κ1) is 13.7. The lowest BCUT2D eigenvalue weighted by molar-refractivity contribution is 0.0975. The summed E-state index contributed by atoms with van der Waals surface area (Å²) in [5.74, 6) is -0.808. The van der Waals surface area contributed by atoms with Crippen molar-refractivity contribution in [2.24, 2.45) is 0 Å². The molecule has 0 saturated heterocycles. The monoisotopic (exact) mass is 306 g/mol. The predicted molar refractivity (Wildman–Crippen MR) is 67.6 cm³/mol. The van der Waals surface area contributed by atoms with Crippen LogP contribution in [0.1, 0.15) is 43.0 Å². The first-order valence-corrected chi connectivity index (χ1v) is 6.41. The Morgan fingerprint density at radius 3 is 2.75 bits per heavy atom. The summed E-state index contributed by atoms with van der Waals surface area (Å²) in [7, 11) is 0. The molecule has 0 amide bonds. The number of unbranched alkanes of at least 4 members (excludes halogenated alkanes) is 2. The third kappa shape index (κ3) is 3.29. The van der Waals surface area contributed by atoms with Crippen LogP contribution in [0, 0.1) is 5.82 Å². The van der Waals surface area contributed by atoms with Gasteiger partial charge >= 0.3 is 0 Å². The number of rotatable bonds is 5. The fourth-order valence-corrected chi connectivity index (χ4v) is 1.88. The Labute approximate surface area is 108 Å². The Kier molecular flexibility index (Phi) is 5.42. The Hall–Kier alpha value is -0.410. The van der Waals surface area contributed by atoms with Gasteiger partial charge in [-0.05, 0) is 34.5 Å². The van der Waals surface area contributed by atoms with Gasteiger partial charge in [0.1, 0.15) is 0 Å². The van der Waals surface area contributed by atoms with E-state index in [4.69, 9.17) is 11.6 Å².